The minimum Gasteiger partial charge on any atom is -0.486 e. The maximum absolute atomic E-state index is 6.21. The van der Waals surface area contributed by atoms with Gasteiger partial charge in [-0.15, -0.1) is 0 Å². The molecular weight excluding hydrogens is 250 g/mol. The third kappa shape index (κ3) is 2.57. The number of ether oxygens (including phenoxy) is 2. The lowest BCUT2D eigenvalue weighted by Gasteiger charge is -2.21. The van der Waals surface area contributed by atoms with E-state index in [0.717, 1.165) is 17.9 Å². The van der Waals surface area contributed by atoms with E-state index < -0.39 is 0 Å². The lowest BCUT2D eigenvalue weighted by Crippen LogP contribution is -2.25. The van der Waals surface area contributed by atoms with Crippen molar-refractivity contribution in [1.29, 1.82) is 0 Å². The van der Waals surface area contributed by atoms with Crippen molar-refractivity contribution in [3.8, 4) is 11.5 Å². The van der Waals surface area contributed by atoms with E-state index in [9.17, 15) is 0 Å². The van der Waals surface area contributed by atoms with Gasteiger partial charge in [-0.05, 0) is 30.5 Å². The van der Waals surface area contributed by atoms with E-state index in [1.807, 2.05) is 12.1 Å². The largest absolute Gasteiger partial charge is 0.486 e. The van der Waals surface area contributed by atoms with Crippen LogP contribution in [0.4, 0.5) is 0 Å². The summed E-state index contributed by atoms with van der Waals surface area (Å²) < 4.78 is 11.1. The molecule has 0 atom stereocenters. The van der Waals surface area contributed by atoms with Crippen molar-refractivity contribution >= 4 is 11.6 Å². The van der Waals surface area contributed by atoms with Gasteiger partial charge in [0.1, 0.15) is 13.2 Å². The molecule has 0 amide bonds. The van der Waals surface area contributed by atoms with Crippen molar-refractivity contribution < 1.29 is 9.47 Å². The van der Waals surface area contributed by atoms with Crippen LogP contribution >= 0.6 is 11.6 Å². The van der Waals surface area contributed by atoms with Gasteiger partial charge in [-0.2, -0.15) is 0 Å². The highest BCUT2D eigenvalue weighted by atomic mass is 35.5. The summed E-state index contributed by atoms with van der Waals surface area (Å²) in [6.45, 7) is 2.02. The van der Waals surface area contributed by atoms with Gasteiger partial charge >= 0.3 is 0 Å². The zero-order valence-electron chi connectivity index (χ0n) is 10.4. The summed E-state index contributed by atoms with van der Waals surface area (Å²) in [6.07, 6.45) is 5.27. The third-order valence-electron chi connectivity index (χ3n) is 3.61. The second kappa shape index (κ2) is 5.37. The number of halogens is 1. The Bertz CT molecular complexity index is 430. The molecule has 98 valence electrons. The Balaban J connectivity index is 1.70. The number of hydrogen-bond acceptors (Lipinski definition) is 3. The van der Waals surface area contributed by atoms with Crippen LogP contribution < -0.4 is 14.8 Å². The van der Waals surface area contributed by atoms with Gasteiger partial charge in [0.05, 0.1) is 5.02 Å². The maximum Gasteiger partial charge on any atom is 0.179 e. The summed E-state index contributed by atoms with van der Waals surface area (Å²) in [4.78, 5) is 0. The topological polar surface area (TPSA) is 30.5 Å². The molecule has 1 saturated carbocycles. The monoisotopic (exact) mass is 267 g/mol. The van der Waals surface area contributed by atoms with Crippen LogP contribution in [0.2, 0.25) is 5.02 Å². The number of hydrogen-bond donors (Lipinski definition) is 1. The quantitative estimate of drug-likeness (QED) is 0.913. The molecule has 0 saturated heterocycles. The summed E-state index contributed by atoms with van der Waals surface area (Å²) in [5.74, 6) is 1.46. The maximum atomic E-state index is 6.21. The van der Waals surface area contributed by atoms with Crippen molar-refractivity contribution in [3.63, 3.8) is 0 Å². The van der Waals surface area contributed by atoms with Crippen molar-refractivity contribution in [2.45, 2.75) is 38.3 Å². The molecule has 3 nitrogen and oxygen atoms in total. The van der Waals surface area contributed by atoms with E-state index in [-0.39, 0.29) is 0 Å². The first-order valence-electron chi connectivity index (χ1n) is 6.64. The average molecular weight is 268 g/mol. The van der Waals surface area contributed by atoms with Gasteiger partial charge in [0.25, 0.3) is 0 Å². The molecule has 1 aromatic rings. The summed E-state index contributed by atoms with van der Waals surface area (Å²) in [6, 6.07) is 4.66. The van der Waals surface area contributed by atoms with Crippen LogP contribution in [0.15, 0.2) is 12.1 Å². The Labute approximate surface area is 112 Å². The van der Waals surface area contributed by atoms with Crippen molar-refractivity contribution in [2.24, 2.45) is 0 Å². The predicted molar refractivity (Wildman–Crippen MR) is 71.5 cm³/mol. The standard InChI is InChI=1S/C14H18ClNO2/c15-12-7-10(9-16-11-3-1-2-4-11)8-13-14(12)18-6-5-17-13/h7-8,11,16H,1-6,9H2. The van der Waals surface area contributed by atoms with Crippen LogP contribution in [0.1, 0.15) is 31.2 Å². The van der Waals surface area contributed by atoms with Crippen LogP contribution in [-0.4, -0.2) is 19.3 Å². The van der Waals surface area contributed by atoms with Gasteiger partial charge in [0.2, 0.25) is 0 Å². The Morgan fingerprint density at radius 2 is 1.94 bits per heavy atom. The number of rotatable bonds is 3. The molecule has 1 N–H and O–H groups in total. The molecule has 1 aliphatic carbocycles. The summed E-state index contributed by atoms with van der Waals surface area (Å²) >= 11 is 6.21. The van der Waals surface area contributed by atoms with E-state index in [1.54, 1.807) is 0 Å². The average Bonchev–Trinajstić information content (AvgIpc) is 2.90. The molecule has 1 fully saturated rings. The highest BCUT2D eigenvalue weighted by Gasteiger charge is 2.18. The lowest BCUT2D eigenvalue weighted by molar-refractivity contribution is 0.171. The fourth-order valence-electron chi connectivity index (χ4n) is 2.66. The van der Waals surface area contributed by atoms with Crippen molar-refractivity contribution in [1.82, 2.24) is 5.32 Å². The van der Waals surface area contributed by atoms with E-state index in [2.05, 4.69) is 5.32 Å². The Morgan fingerprint density at radius 3 is 2.78 bits per heavy atom. The predicted octanol–water partition coefficient (Wildman–Crippen LogP) is 3.14. The highest BCUT2D eigenvalue weighted by molar-refractivity contribution is 6.32. The molecular formula is C14H18ClNO2. The van der Waals surface area contributed by atoms with Gasteiger partial charge < -0.3 is 14.8 Å². The fraction of sp³-hybridized carbons (Fsp3) is 0.571. The van der Waals surface area contributed by atoms with Crippen LogP contribution in [0.5, 0.6) is 11.5 Å². The minimum absolute atomic E-state index is 0.576. The number of fused-ring (bicyclic) bond motifs is 1. The first-order chi connectivity index (χ1) is 8.83. The fourth-order valence-corrected chi connectivity index (χ4v) is 2.95. The molecule has 18 heavy (non-hydrogen) atoms. The summed E-state index contributed by atoms with van der Waals surface area (Å²) in [5.41, 5.74) is 1.16. The minimum atomic E-state index is 0.576. The molecule has 0 aromatic heterocycles. The SMILES string of the molecule is Clc1cc(CNC2CCCC2)cc2c1OCCO2. The first kappa shape index (κ1) is 12.1. The second-order valence-corrected chi connectivity index (χ2v) is 5.37. The van der Waals surface area contributed by atoms with Crippen molar-refractivity contribution in [2.75, 3.05) is 13.2 Å². The first-order valence-corrected chi connectivity index (χ1v) is 7.02. The summed E-state index contributed by atoms with van der Waals surface area (Å²) in [5, 5.41) is 4.23. The van der Waals surface area contributed by atoms with Gasteiger partial charge in [-0.25, -0.2) is 0 Å². The molecule has 0 spiro atoms. The molecule has 3 rings (SSSR count). The van der Waals surface area contributed by atoms with E-state index in [0.29, 0.717) is 30.0 Å². The zero-order valence-corrected chi connectivity index (χ0v) is 11.1. The molecule has 2 aliphatic rings. The van der Waals surface area contributed by atoms with Crippen LogP contribution in [0.25, 0.3) is 0 Å². The molecule has 1 aromatic carbocycles. The van der Waals surface area contributed by atoms with Crippen molar-refractivity contribution in [3.05, 3.63) is 22.7 Å². The van der Waals surface area contributed by atoms with E-state index in [1.165, 1.54) is 25.7 Å². The normalized spacial score (nSPS) is 19.2. The molecule has 1 heterocycles. The highest BCUT2D eigenvalue weighted by Crippen LogP contribution is 2.38. The summed E-state index contributed by atoms with van der Waals surface area (Å²) in [7, 11) is 0. The Kier molecular flexibility index (Phi) is 3.62. The second-order valence-electron chi connectivity index (χ2n) is 4.96. The van der Waals surface area contributed by atoms with Gasteiger partial charge in [0.15, 0.2) is 11.5 Å². The lowest BCUT2D eigenvalue weighted by atomic mass is 10.1. The Hall–Kier alpha value is -0.930. The molecule has 1 aliphatic heterocycles. The zero-order chi connectivity index (χ0) is 12.4. The van der Waals surface area contributed by atoms with Crippen LogP contribution in [0, 0.1) is 0 Å². The molecule has 0 bridgehead atoms. The smallest absolute Gasteiger partial charge is 0.179 e. The van der Waals surface area contributed by atoms with E-state index >= 15 is 0 Å². The van der Waals surface area contributed by atoms with Gasteiger partial charge in [-0.3, -0.25) is 0 Å². The number of nitrogens with one attached hydrogen (secondary N) is 1. The van der Waals surface area contributed by atoms with Gasteiger partial charge in [-0.1, -0.05) is 24.4 Å². The van der Waals surface area contributed by atoms with Gasteiger partial charge in [0, 0.05) is 12.6 Å². The molecule has 4 heteroatoms. The van der Waals surface area contributed by atoms with Crippen LogP contribution in [0.3, 0.4) is 0 Å². The molecule has 0 unspecified atom stereocenters. The Morgan fingerprint density at radius 1 is 1.17 bits per heavy atom. The molecule has 0 radical (unpaired) electrons. The number of benzene rings is 1. The third-order valence-corrected chi connectivity index (χ3v) is 3.89. The van der Waals surface area contributed by atoms with Crippen LogP contribution in [-0.2, 0) is 6.54 Å². The van der Waals surface area contributed by atoms with E-state index in [4.69, 9.17) is 21.1 Å².